The Morgan fingerprint density at radius 3 is 2.35 bits per heavy atom. The normalized spacial score (nSPS) is 16.4. The van der Waals surface area contributed by atoms with Gasteiger partial charge in [0.25, 0.3) is 0 Å². The van der Waals surface area contributed by atoms with Gasteiger partial charge in [-0.15, -0.1) is 0 Å². The Balaban J connectivity index is 1.61. The Morgan fingerprint density at radius 2 is 1.73 bits per heavy atom. The largest absolute Gasteiger partial charge is 0.310 e. The minimum atomic E-state index is -3.50. The van der Waals surface area contributed by atoms with Gasteiger partial charge in [0.1, 0.15) is 5.82 Å². The third-order valence-electron chi connectivity index (χ3n) is 4.65. The summed E-state index contributed by atoms with van der Waals surface area (Å²) in [5, 5.41) is 2.83. The zero-order valence-electron chi connectivity index (χ0n) is 15.0. The molecule has 26 heavy (non-hydrogen) atoms. The molecule has 0 atom stereocenters. The molecule has 3 rings (SSSR count). The highest BCUT2D eigenvalue weighted by Gasteiger charge is 2.32. The lowest BCUT2D eigenvalue weighted by Gasteiger charge is -2.30. The average molecular weight is 373 g/mol. The number of anilines is 1. The van der Waals surface area contributed by atoms with E-state index in [1.165, 1.54) is 4.31 Å². The van der Waals surface area contributed by atoms with E-state index in [0.717, 1.165) is 11.1 Å². The van der Waals surface area contributed by atoms with E-state index in [9.17, 15) is 13.2 Å². The third kappa shape index (κ3) is 4.11. The number of sulfonamides is 1. The fourth-order valence-corrected chi connectivity index (χ4v) is 4.52. The predicted octanol–water partition coefficient (Wildman–Crippen LogP) is 2.74. The summed E-state index contributed by atoms with van der Waals surface area (Å²) in [7, 11) is -3.50. The van der Waals surface area contributed by atoms with Crippen LogP contribution >= 0.6 is 0 Å². The molecule has 1 N–H and O–H groups in total. The number of nitrogens with one attached hydrogen (secondary N) is 1. The SMILES string of the molecule is Cc1ccc(S(=O)(=O)N2CCC(C(=O)Nc3cc(C)ccn3)CC2)cc1. The number of nitrogens with zero attached hydrogens (tertiary/aromatic N) is 2. The zero-order valence-corrected chi connectivity index (χ0v) is 15.8. The molecule has 0 unspecified atom stereocenters. The van der Waals surface area contributed by atoms with E-state index < -0.39 is 10.0 Å². The van der Waals surface area contributed by atoms with Crippen molar-refractivity contribution >= 4 is 21.7 Å². The van der Waals surface area contributed by atoms with Crippen LogP contribution in [0.4, 0.5) is 5.82 Å². The van der Waals surface area contributed by atoms with Crippen molar-refractivity contribution in [1.29, 1.82) is 0 Å². The summed E-state index contributed by atoms with van der Waals surface area (Å²) < 4.78 is 26.9. The highest BCUT2D eigenvalue weighted by atomic mass is 32.2. The first-order chi connectivity index (χ1) is 12.4. The second-order valence-electron chi connectivity index (χ2n) is 6.70. The van der Waals surface area contributed by atoms with Crippen LogP contribution in [0, 0.1) is 19.8 Å². The second kappa shape index (κ2) is 7.55. The van der Waals surface area contributed by atoms with Gasteiger partial charge in [0, 0.05) is 25.2 Å². The van der Waals surface area contributed by atoms with Crippen molar-refractivity contribution in [3.05, 3.63) is 53.7 Å². The van der Waals surface area contributed by atoms with E-state index in [1.54, 1.807) is 30.5 Å². The van der Waals surface area contributed by atoms with E-state index >= 15 is 0 Å². The van der Waals surface area contributed by atoms with E-state index in [4.69, 9.17) is 0 Å². The Hall–Kier alpha value is -2.25. The molecule has 1 aliphatic heterocycles. The zero-order chi connectivity index (χ0) is 18.7. The fraction of sp³-hybridized carbons (Fsp3) is 0.368. The quantitative estimate of drug-likeness (QED) is 0.894. The van der Waals surface area contributed by atoms with Crippen molar-refractivity contribution in [2.45, 2.75) is 31.6 Å². The second-order valence-corrected chi connectivity index (χ2v) is 8.64. The van der Waals surface area contributed by atoms with Gasteiger partial charge < -0.3 is 5.32 Å². The molecular weight excluding hydrogens is 350 g/mol. The first-order valence-corrected chi connectivity index (χ1v) is 10.1. The van der Waals surface area contributed by atoms with Crippen LogP contribution in [0.5, 0.6) is 0 Å². The number of piperidine rings is 1. The van der Waals surface area contributed by atoms with Crippen LogP contribution in [0.1, 0.15) is 24.0 Å². The third-order valence-corrected chi connectivity index (χ3v) is 6.56. The number of amides is 1. The van der Waals surface area contributed by atoms with Crippen LogP contribution in [0.25, 0.3) is 0 Å². The Labute approximate surface area is 154 Å². The molecule has 0 aliphatic carbocycles. The van der Waals surface area contributed by atoms with Gasteiger partial charge in [0.05, 0.1) is 4.90 Å². The first kappa shape index (κ1) is 18.5. The molecule has 1 aromatic heterocycles. The van der Waals surface area contributed by atoms with E-state index in [-0.39, 0.29) is 11.8 Å². The molecule has 2 heterocycles. The van der Waals surface area contributed by atoms with Gasteiger partial charge in [-0.2, -0.15) is 4.31 Å². The lowest BCUT2D eigenvalue weighted by atomic mass is 9.97. The Morgan fingerprint density at radius 1 is 1.08 bits per heavy atom. The van der Waals surface area contributed by atoms with E-state index in [0.29, 0.717) is 36.6 Å². The standard InChI is InChI=1S/C19H23N3O3S/c1-14-3-5-17(6-4-14)26(24,25)22-11-8-16(9-12-22)19(23)21-18-13-15(2)7-10-20-18/h3-7,10,13,16H,8-9,11-12H2,1-2H3,(H,20,21,23). The average Bonchev–Trinajstić information content (AvgIpc) is 2.62. The molecular formula is C19H23N3O3S. The molecule has 0 saturated carbocycles. The maximum atomic E-state index is 12.7. The minimum Gasteiger partial charge on any atom is -0.310 e. The Bertz CT molecular complexity index is 887. The van der Waals surface area contributed by atoms with Crippen molar-refractivity contribution in [2.75, 3.05) is 18.4 Å². The van der Waals surface area contributed by atoms with Crippen LogP contribution in [-0.2, 0) is 14.8 Å². The van der Waals surface area contributed by atoms with E-state index in [1.807, 2.05) is 26.0 Å². The Kier molecular flexibility index (Phi) is 5.38. The number of pyridine rings is 1. The van der Waals surface area contributed by atoms with Gasteiger partial charge in [-0.25, -0.2) is 13.4 Å². The molecule has 0 spiro atoms. The smallest absolute Gasteiger partial charge is 0.243 e. The van der Waals surface area contributed by atoms with Crippen molar-refractivity contribution in [3.63, 3.8) is 0 Å². The van der Waals surface area contributed by atoms with Crippen molar-refractivity contribution in [1.82, 2.24) is 9.29 Å². The molecule has 0 radical (unpaired) electrons. The van der Waals surface area contributed by atoms with Crippen molar-refractivity contribution in [2.24, 2.45) is 5.92 Å². The van der Waals surface area contributed by atoms with Gasteiger partial charge in [0.2, 0.25) is 15.9 Å². The molecule has 1 aliphatic rings. The summed E-state index contributed by atoms with van der Waals surface area (Å²) in [6.45, 7) is 4.54. The number of hydrogen-bond acceptors (Lipinski definition) is 4. The minimum absolute atomic E-state index is 0.101. The number of benzene rings is 1. The summed E-state index contributed by atoms with van der Waals surface area (Å²) in [5.41, 5.74) is 2.04. The van der Waals surface area contributed by atoms with Crippen LogP contribution in [0.15, 0.2) is 47.5 Å². The molecule has 138 valence electrons. The van der Waals surface area contributed by atoms with Crippen molar-refractivity contribution in [3.8, 4) is 0 Å². The number of aromatic nitrogens is 1. The lowest BCUT2D eigenvalue weighted by Crippen LogP contribution is -2.41. The van der Waals surface area contributed by atoms with Crippen LogP contribution in [0.3, 0.4) is 0 Å². The lowest BCUT2D eigenvalue weighted by molar-refractivity contribution is -0.120. The van der Waals surface area contributed by atoms with Gasteiger partial charge >= 0.3 is 0 Å². The summed E-state index contributed by atoms with van der Waals surface area (Å²) >= 11 is 0. The summed E-state index contributed by atoms with van der Waals surface area (Å²) in [4.78, 5) is 16.9. The molecule has 1 aromatic carbocycles. The highest BCUT2D eigenvalue weighted by molar-refractivity contribution is 7.89. The van der Waals surface area contributed by atoms with Gasteiger partial charge in [-0.3, -0.25) is 4.79 Å². The van der Waals surface area contributed by atoms with Gasteiger partial charge in [-0.05, 0) is 56.5 Å². The number of aryl methyl sites for hydroxylation is 2. The van der Waals surface area contributed by atoms with Gasteiger partial charge in [-0.1, -0.05) is 17.7 Å². The highest BCUT2D eigenvalue weighted by Crippen LogP contribution is 2.25. The van der Waals surface area contributed by atoms with Gasteiger partial charge in [0.15, 0.2) is 0 Å². The maximum Gasteiger partial charge on any atom is 0.243 e. The van der Waals surface area contributed by atoms with E-state index in [2.05, 4.69) is 10.3 Å². The molecule has 7 heteroatoms. The number of carbonyl (C=O) groups excluding carboxylic acids is 1. The molecule has 0 bridgehead atoms. The molecule has 6 nitrogen and oxygen atoms in total. The predicted molar refractivity (Wildman–Crippen MR) is 100 cm³/mol. The summed E-state index contributed by atoms with van der Waals surface area (Å²) in [6.07, 6.45) is 2.66. The molecule has 1 amide bonds. The van der Waals surface area contributed by atoms with Crippen LogP contribution in [-0.4, -0.2) is 36.7 Å². The fourth-order valence-electron chi connectivity index (χ4n) is 3.05. The molecule has 2 aromatic rings. The molecule has 1 fully saturated rings. The van der Waals surface area contributed by atoms with Crippen molar-refractivity contribution < 1.29 is 13.2 Å². The monoisotopic (exact) mass is 373 g/mol. The first-order valence-electron chi connectivity index (χ1n) is 8.66. The summed E-state index contributed by atoms with van der Waals surface area (Å²) in [6, 6.07) is 10.5. The topological polar surface area (TPSA) is 79.4 Å². The number of carbonyl (C=O) groups is 1. The van der Waals surface area contributed by atoms with Crippen LogP contribution < -0.4 is 5.32 Å². The summed E-state index contributed by atoms with van der Waals surface area (Å²) in [5.74, 6) is 0.224. The molecule has 1 saturated heterocycles. The number of rotatable bonds is 4. The number of hydrogen-bond donors (Lipinski definition) is 1. The maximum absolute atomic E-state index is 12.7. The van der Waals surface area contributed by atoms with Crippen LogP contribution in [0.2, 0.25) is 0 Å².